The van der Waals surface area contributed by atoms with Crippen LogP contribution in [0, 0.1) is 0 Å². The van der Waals surface area contributed by atoms with Crippen molar-refractivity contribution in [2.75, 3.05) is 13.7 Å². The molecule has 0 aromatic rings. The van der Waals surface area contributed by atoms with Crippen LogP contribution in [0.3, 0.4) is 0 Å². The number of hydrogen-bond donors (Lipinski definition) is 1. The van der Waals surface area contributed by atoms with Crippen molar-refractivity contribution in [1.82, 2.24) is 0 Å². The minimum absolute atomic E-state index is 0.133. The van der Waals surface area contributed by atoms with E-state index in [1.165, 1.54) is 13.3 Å². The van der Waals surface area contributed by atoms with E-state index in [4.69, 9.17) is 9.84 Å². The number of hydrogen-bond acceptors (Lipinski definition) is 4. The van der Waals surface area contributed by atoms with Crippen LogP contribution in [-0.2, 0) is 9.53 Å². The molecule has 11 heavy (non-hydrogen) atoms. The molecule has 60 valence electrons. The van der Waals surface area contributed by atoms with Gasteiger partial charge in [0.2, 0.25) is 5.78 Å². The maximum Gasteiger partial charge on any atom is 0.204 e. The number of carbonyl (C=O) groups is 1. The number of aliphatic imine (C=N–C) groups is 1. The minimum atomic E-state index is -0.167. The predicted molar refractivity (Wildman–Crippen MR) is 39.2 cm³/mol. The molecule has 1 aliphatic rings. The van der Waals surface area contributed by atoms with Crippen molar-refractivity contribution in [1.29, 1.82) is 0 Å². The number of ether oxygens (including phenoxy) is 1. The third kappa shape index (κ3) is 1.65. The molecule has 0 spiro atoms. The Balaban J connectivity index is 2.77. The van der Waals surface area contributed by atoms with Crippen LogP contribution in [0.25, 0.3) is 0 Å². The Morgan fingerprint density at radius 3 is 3.00 bits per heavy atom. The molecule has 0 saturated carbocycles. The maximum atomic E-state index is 11.0. The Morgan fingerprint density at radius 2 is 2.55 bits per heavy atom. The summed E-state index contributed by atoms with van der Waals surface area (Å²) in [5.74, 6) is 0.119. The normalized spacial score (nSPS) is 17.5. The van der Waals surface area contributed by atoms with Gasteiger partial charge in [0.15, 0.2) is 5.76 Å². The fraction of sp³-hybridized carbons (Fsp3) is 0.429. The smallest absolute Gasteiger partial charge is 0.204 e. The van der Waals surface area contributed by atoms with Crippen molar-refractivity contribution < 1.29 is 14.6 Å². The van der Waals surface area contributed by atoms with Gasteiger partial charge in [-0.25, -0.2) is 0 Å². The molecule has 0 saturated heterocycles. The molecule has 1 heterocycles. The van der Waals surface area contributed by atoms with Gasteiger partial charge in [0.05, 0.1) is 32.0 Å². The van der Waals surface area contributed by atoms with E-state index in [-0.39, 0.29) is 24.6 Å². The van der Waals surface area contributed by atoms with Crippen molar-refractivity contribution in [2.24, 2.45) is 4.99 Å². The molecule has 0 aromatic carbocycles. The second kappa shape index (κ2) is 3.30. The molecule has 0 aromatic heterocycles. The largest absolute Gasteiger partial charge is 0.491 e. The molecule has 0 radical (unpaired) electrons. The molecule has 0 fully saturated rings. The van der Waals surface area contributed by atoms with E-state index in [9.17, 15) is 4.79 Å². The first-order valence-electron chi connectivity index (χ1n) is 3.21. The maximum absolute atomic E-state index is 11.0. The Hall–Kier alpha value is -1.16. The van der Waals surface area contributed by atoms with Gasteiger partial charge in [-0.05, 0) is 0 Å². The zero-order chi connectivity index (χ0) is 8.27. The van der Waals surface area contributed by atoms with Gasteiger partial charge in [0.1, 0.15) is 0 Å². The SMILES string of the molecule is COC1=CN=C(CO)CC1=O. The predicted octanol–water partition coefficient (Wildman–Crippen LogP) is -0.120. The molecule has 1 N–H and O–H groups in total. The van der Waals surface area contributed by atoms with Crippen LogP contribution >= 0.6 is 0 Å². The second-order valence-electron chi connectivity index (χ2n) is 2.15. The van der Waals surface area contributed by atoms with Gasteiger partial charge >= 0.3 is 0 Å². The summed E-state index contributed by atoms with van der Waals surface area (Å²) in [6.45, 7) is -0.167. The molecule has 0 amide bonds. The summed E-state index contributed by atoms with van der Waals surface area (Å²) in [6, 6.07) is 0. The Kier molecular flexibility index (Phi) is 2.38. The quantitative estimate of drug-likeness (QED) is 0.604. The lowest BCUT2D eigenvalue weighted by Gasteiger charge is -2.08. The fourth-order valence-electron chi connectivity index (χ4n) is 0.803. The minimum Gasteiger partial charge on any atom is -0.491 e. The summed E-state index contributed by atoms with van der Waals surface area (Å²) >= 11 is 0. The van der Waals surface area contributed by atoms with E-state index in [0.717, 1.165) is 0 Å². The van der Waals surface area contributed by atoms with Crippen molar-refractivity contribution in [3.05, 3.63) is 12.0 Å². The van der Waals surface area contributed by atoms with Gasteiger partial charge in [-0.3, -0.25) is 9.79 Å². The summed E-state index contributed by atoms with van der Waals surface area (Å²) < 4.78 is 4.72. The molecule has 1 aliphatic heterocycles. The standard InChI is InChI=1S/C7H9NO3/c1-11-7-3-8-5(4-9)2-6(7)10/h3,9H,2,4H2,1H3. The first kappa shape index (κ1) is 7.94. The monoisotopic (exact) mass is 155 g/mol. The lowest BCUT2D eigenvalue weighted by atomic mass is 10.1. The number of aliphatic hydroxyl groups is 1. The van der Waals surface area contributed by atoms with Crippen molar-refractivity contribution in [3.8, 4) is 0 Å². The van der Waals surface area contributed by atoms with Gasteiger partial charge in [0.25, 0.3) is 0 Å². The highest BCUT2D eigenvalue weighted by molar-refractivity contribution is 6.10. The average molecular weight is 155 g/mol. The highest BCUT2D eigenvalue weighted by Gasteiger charge is 2.16. The van der Waals surface area contributed by atoms with Crippen LogP contribution in [0.15, 0.2) is 17.0 Å². The first-order chi connectivity index (χ1) is 5.27. The summed E-state index contributed by atoms with van der Waals surface area (Å²) in [5.41, 5.74) is 0.482. The molecule has 0 bridgehead atoms. The summed E-state index contributed by atoms with van der Waals surface area (Å²) in [4.78, 5) is 14.8. The van der Waals surface area contributed by atoms with Gasteiger partial charge in [-0.15, -0.1) is 0 Å². The Labute approximate surface area is 64.2 Å². The van der Waals surface area contributed by atoms with Crippen molar-refractivity contribution in [3.63, 3.8) is 0 Å². The Morgan fingerprint density at radius 1 is 1.82 bits per heavy atom. The summed E-state index contributed by atoms with van der Waals surface area (Å²) in [5, 5.41) is 8.61. The third-order valence-electron chi connectivity index (χ3n) is 1.41. The zero-order valence-electron chi connectivity index (χ0n) is 6.20. The molecule has 1 rings (SSSR count). The number of rotatable bonds is 2. The van der Waals surface area contributed by atoms with Gasteiger partial charge in [-0.1, -0.05) is 0 Å². The molecule has 4 heteroatoms. The van der Waals surface area contributed by atoms with Crippen LogP contribution < -0.4 is 0 Å². The van der Waals surface area contributed by atoms with Crippen molar-refractivity contribution >= 4 is 11.5 Å². The molecule has 0 atom stereocenters. The van der Waals surface area contributed by atoms with Crippen LogP contribution in [0.2, 0.25) is 0 Å². The summed E-state index contributed by atoms with van der Waals surface area (Å²) in [7, 11) is 1.42. The van der Waals surface area contributed by atoms with Crippen LogP contribution in [0.4, 0.5) is 0 Å². The number of ketones is 1. The van der Waals surface area contributed by atoms with E-state index in [1.807, 2.05) is 0 Å². The van der Waals surface area contributed by atoms with Gasteiger partial charge < -0.3 is 9.84 Å². The lowest BCUT2D eigenvalue weighted by Crippen LogP contribution is -2.17. The van der Waals surface area contributed by atoms with Crippen LogP contribution in [-0.4, -0.2) is 30.3 Å². The summed E-state index contributed by atoms with van der Waals surface area (Å²) in [6.07, 6.45) is 1.49. The lowest BCUT2D eigenvalue weighted by molar-refractivity contribution is -0.117. The number of carbonyl (C=O) groups excluding carboxylic acids is 1. The average Bonchev–Trinajstić information content (AvgIpc) is 2.04. The fourth-order valence-corrected chi connectivity index (χ4v) is 0.803. The Bertz CT molecular complexity index is 230. The first-order valence-corrected chi connectivity index (χ1v) is 3.21. The molecule has 0 aliphatic carbocycles. The number of nitrogens with zero attached hydrogens (tertiary/aromatic N) is 1. The third-order valence-corrected chi connectivity index (χ3v) is 1.41. The van der Waals surface area contributed by atoms with Crippen molar-refractivity contribution in [2.45, 2.75) is 6.42 Å². The number of allylic oxidation sites excluding steroid dienone is 1. The molecular formula is C7H9NO3. The molecular weight excluding hydrogens is 146 g/mol. The van der Waals surface area contributed by atoms with E-state index in [1.54, 1.807) is 0 Å². The van der Waals surface area contributed by atoms with E-state index in [0.29, 0.717) is 5.71 Å². The molecule has 4 nitrogen and oxygen atoms in total. The van der Waals surface area contributed by atoms with Crippen LogP contribution in [0.5, 0.6) is 0 Å². The van der Waals surface area contributed by atoms with E-state index >= 15 is 0 Å². The highest BCUT2D eigenvalue weighted by atomic mass is 16.5. The van der Waals surface area contributed by atoms with E-state index in [2.05, 4.69) is 4.99 Å². The number of aliphatic hydroxyl groups excluding tert-OH is 1. The second-order valence-corrected chi connectivity index (χ2v) is 2.15. The topological polar surface area (TPSA) is 58.9 Å². The molecule has 0 unspecified atom stereocenters. The van der Waals surface area contributed by atoms with E-state index < -0.39 is 0 Å². The van der Waals surface area contributed by atoms with Gasteiger partial charge in [-0.2, -0.15) is 0 Å². The highest BCUT2D eigenvalue weighted by Crippen LogP contribution is 2.08. The van der Waals surface area contributed by atoms with Crippen LogP contribution in [0.1, 0.15) is 6.42 Å². The number of methoxy groups -OCH3 is 1. The number of Topliss-reactive ketones (excluding diaryl/α,β-unsaturated/α-hetero) is 1. The zero-order valence-corrected chi connectivity index (χ0v) is 6.20. The van der Waals surface area contributed by atoms with Gasteiger partial charge in [0, 0.05) is 0 Å².